The number of carbonyl (C=O) groups is 1. The molecule has 0 radical (unpaired) electrons. The van der Waals surface area contributed by atoms with Gasteiger partial charge in [-0.1, -0.05) is 26.8 Å². The molecule has 0 bridgehead atoms. The van der Waals surface area contributed by atoms with Crippen LogP contribution in [0.25, 0.3) is 0 Å². The first-order chi connectivity index (χ1) is 7.34. The van der Waals surface area contributed by atoms with E-state index in [0.717, 1.165) is 17.0 Å². The first-order valence-electron chi connectivity index (χ1n) is 5.30. The Morgan fingerprint density at radius 1 is 1.31 bits per heavy atom. The van der Waals surface area contributed by atoms with Crippen LogP contribution in [0, 0.1) is 12.3 Å². The summed E-state index contributed by atoms with van der Waals surface area (Å²) in [5.41, 5.74) is 1.44. The van der Waals surface area contributed by atoms with Crippen molar-refractivity contribution in [1.29, 1.82) is 0 Å². The standard InChI is InChI=1S/C13H19NO2/c1-9-6-7-10(16-5)8-11(9)14-12(15)13(2,3)4/h6-8H,1-5H3,(H,14,15). The average molecular weight is 221 g/mol. The number of carbonyl (C=O) groups excluding carboxylic acids is 1. The van der Waals surface area contributed by atoms with Crippen molar-refractivity contribution in [2.75, 3.05) is 12.4 Å². The van der Waals surface area contributed by atoms with E-state index in [-0.39, 0.29) is 5.91 Å². The minimum Gasteiger partial charge on any atom is -0.497 e. The second-order valence-electron chi connectivity index (χ2n) is 4.88. The van der Waals surface area contributed by atoms with E-state index < -0.39 is 5.41 Å². The van der Waals surface area contributed by atoms with Gasteiger partial charge in [0, 0.05) is 17.2 Å². The largest absolute Gasteiger partial charge is 0.497 e. The lowest BCUT2D eigenvalue weighted by atomic mass is 9.95. The van der Waals surface area contributed by atoms with Crippen LogP contribution in [0.5, 0.6) is 5.75 Å². The Morgan fingerprint density at radius 2 is 1.94 bits per heavy atom. The minimum absolute atomic E-state index is 0.00357. The molecule has 3 nitrogen and oxygen atoms in total. The fourth-order valence-electron chi connectivity index (χ4n) is 1.17. The number of anilines is 1. The smallest absolute Gasteiger partial charge is 0.229 e. The van der Waals surface area contributed by atoms with Gasteiger partial charge < -0.3 is 10.1 Å². The lowest BCUT2D eigenvalue weighted by Crippen LogP contribution is -2.27. The van der Waals surface area contributed by atoms with Crippen LogP contribution >= 0.6 is 0 Å². The molecule has 1 aromatic rings. The molecule has 1 amide bonds. The van der Waals surface area contributed by atoms with Gasteiger partial charge in [0.1, 0.15) is 5.75 Å². The van der Waals surface area contributed by atoms with Crippen molar-refractivity contribution in [3.63, 3.8) is 0 Å². The van der Waals surface area contributed by atoms with Crippen molar-refractivity contribution < 1.29 is 9.53 Å². The molecule has 0 saturated carbocycles. The van der Waals surface area contributed by atoms with Crippen LogP contribution in [-0.4, -0.2) is 13.0 Å². The van der Waals surface area contributed by atoms with Crippen LogP contribution in [0.4, 0.5) is 5.69 Å². The second-order valence-corrected chi connectivity index (χ2v) is 4.88. The van der Waals surface area contributed by atoms with Gasteiger partial charge >= 0.3 is 0 Å². The molecule has 0 unspecified atom stereocenters. The van der Waals surface area contributed by atoms with Gasteiger partial charge in [0.25, 0.3) is 0 Å². The van der Waals surface area contributed by atoms with E-state index in [2.05, 4.69) is 5.32 Å². The lowest BCUT2D eigenvalue weighted by Gasteiger charge is -2.19. The van der Waals surface area contributed by atoms with E-state index >= 15 is 0 Å². The number of rotatable bonds is 2. The highest BCUT2D eigenvalue weighted by Crippen LogP contribution is 2.24. The normalized spacial score (nSPS) is 11.1. The van der Waals surface area contributed by atoms with Crippen molar-refractivity contribution >= 4 is 11.6 Å². The van der Waals surface area contributed by atoms with Crippen LogP contribution < -0.4 is 10.1 Å². The Kier molecular flexibility index (Phi) is 3.58. The number of amides is 1. The first-order valence-corrected chi connectivity index (χ1v) is 5.30. The fraction of sp³-hybridized carbons (Fsp3) is 0.462. The summed E-state index contributed by atoms with van der Waals surface area (Å²) in [7, 11) is 1.61. The van der Waals surface area contributed by atoms with Gasteiger partial charge in [-0.25, -0.2) is 0 Å². The van der Waals surface area contributed by atoms with E-state index in [4.69, 9.17) is 4.74 Å². The Morgan fingerprint density at radius 3 is 2.44 bits per heavy atom. The SMILES string of the molecule is COc1ccc(C)c(NC(=O)C(C)(C)C)c1. The van der Waals surface area contributed by atoms with Crippen LogP contribution in [0.3, 0.4) is 0 Å². The van der Waals surface area contributed by atoms with E-state index in [1.165, 1.54) is 0 Å². The summed E-state index contributed by atoms with van der Waals surface area (Å²) in [4.78, 5) is 11.8. The highest BCUT2D eigenvalue weighted by molar-refractivity contribution is 5.95. The highest BCUT2D eigenvalue weighted by Gasteiger charge is 2.21. The van der Waals surface area contributed by atoms with Crippen LogP contribution in [0.1, 0.15) is 26.3 Å². The summed E-state index contributed by atoms with van der Waals surface area (Å²) in [5.74, 6) is 0.749. The number of hydrogen-bond donors (Lipinski definition) is 1. The maximum atomic E-state index is 11.8. The van der Waals surface area contributed by atoms with Crippen molar-refractivity contribution in [2.24, 2.45) is 5.41 Å². The molecular weight excluding hydrogens is 202 g/mol. The third kappa shape index (κ3) is 2.99. The number of hydrogen-bond acceptors (Lipinski definition) is 2. The topological polar surface area (TPSA) is 38.3 Å². The van der Waals surface area contributed by atoms with Gasteiger partial charge in [0.05, 0.1) is 7.11 Å². The Bertz CT molecular complexity index is 391. The first kappa shape index (κ1) is 12.6. The predicted molar refractivity (Wildman–Crippen MR) is 65.8 cm³/mol. The molecule has 1 N–H and O–H groups in total. The molecule has 88 valence electrons. The van der Waals surface area contributed by atoms with Gasteiger partial charge in [0.2, 0.25) is 5.91 Å². The molecule has 0 aromatic heterocycles. The van der Waals surface area contributed by atoms with Crippen molar-refractivity contribution in [2.45, 2.75) is 27.7 Å². The summed E-state index contributed by atoms with van der Waals surface area (Å²) in [5, 5.41) is 2.91. The maximum absolute atomic E-state index is 11.8. The van der Waals surface area contributed by atoms with Crippen molar-refractivity contribution in [1.82, 2.24) is 0 Å². The fourth-order valence-corrected chi connectivity index (χ4v) is 1.17. The second kappa shape index (κ2) is 4.56. The molecule has 0 fully saturated rings. The van der Waals surface area contributed by atoms with E-state index in [1.807, 2.05) is 45.9 Å². The molecule has 16 heavy (non-hydrogen) atoms. The molecule has 1 aromatic carbocycles. The number of benzene rings is 1. The van der Waals surface area contributed by atoms with Crippen molar-refractivity contribution in [3.8, 4) is 5.75 Å². The van der Waals surface area contributed by atoms with Crippen LogP contribution in [0.15, 0.2) is 18.2 Å². The van der Waals surface area contributed by atoms with E-state index in [0.29, 0.717) is 0 Å². The van der Waals surface area contributed by atoms with E-state index in [1.54, 1.807) is 7.11 Å². The summed E-state index contributed by atoms with van der Waals surface area (Å²) in [6.07, 6.45) is 0. The Hall–Kier alpha value is -1.51. The van der Waals surface area contributed by atoms with Crippen molar-refractivity contribution in [3.05, 3.63) is 23.8 Å². The molecule has 0 aliphatic carbocycles. The van der Waals surface area contributed by atoms with Gasteiger partial charge in [-0.05, 0) is 18.6 Å². The zero-order valence-electron chi connectivity index (χ0n) is 10.5. The molecule has 1 rings (SSSR count). The van der Waals surface area contributed by atoms with Crippen LogP contribution in [-0.2, 0) is 4.79 Å². The third-order valence-electron chi connectivity index (χ3n) is 2.37. The maximum Gasteiger partial charge on any atom is 0.229 e. The van der Waals surface area contributed by atoms with Gasteiger partial charge in [-0.3, -0.25) is 4.79 Å². The monoisotopic (exact) mass is 221 g/mol. The van der Waals surface area contributed by atoms with Gasteiger partial charge in [-0.2, -0.15) is 0 Å². The summed E-state index contributed by atoms with van der Waals surface area (Å²) in [6, 6.07) is 5.64. The summed E-state index contributed by atoms with van der Waals surface area (Å²) >= 11 is 0. The molecule has 0 aliphatic rings. The Labute approximate surface area is 96.8 Å². The molecule has 0 saturated heterocycles. The molecule has 0 atom stereocenters. The zero-order valence-corrected chi connectivity index (χ0v) is 10.5. The quantitative estimate of drug-likeness (QED) is 0.833. The van der Waals surface area contributed by atoms with Gasteiger partial charge in [-0.15, -0.1) is 0 Å². The number of methoxy groups -OCH3 is 1. The summed E-state index contributed by atoms with van der Waals surface area (Å²) < 4.78 is 5.13. The molecule has 0 aliphatic heterocycles. The molecular formula is C13H19NO2. The minimum atomic E-state index is -0.393. The average Bonchev–Trinajstić information content (AvgIpc) is 2.19. The Balaban J connectivity index is 2.92. The molecule has 3 heteroatoms. The zero-order chi connectivity index (χ0) is 12.3. The lowest BCUT2D eigenvalue weighted by molar-refractivity contribution is -0.123. The predicted octanol–water partition coefficient (Wildman–Crippen LogP) is 2.99. The third-order valence-corrected chi connectivity index (χ3v) is 2.37. The van der Waals surface area contributed by atoms with Crippen LogP contribution in [0.2, 0.25) is 0 Å². The number of ether oxygens (including phenoxy) is 1. The molecule has 0 heterocycles. The number of nitrogens with one attached hydrogen (secondary N) is 1. The summed E-state index contributed by atoms with van der Waals surface area (Å²) in [6.45, 7) is 7.62. The highest BCUT2D eigenvalue weighted by atomic mass is 16.5. The van der Waals surface area contributed by atoms with E-state index in [9.17, 15) is 4.79 Å². The number of aryl methyl sites for hydroxylation is 1. The van der Waals surface area contributed by atoms with Gasteiger partial charge in [0.15, 0.2) is 0 Å². The molecule has 0 spiro atoms.